The maximum atomic E-state index is 5.24. The molecule has 0 amide bonds. The van der Waals surface area contributed by atoms with Gasteiger partial charge in [0.1, 0.15) is 5.75 Å². The molecule has 2 heteroatoms. The van der Waals surface area contributed by atoms with Crippen molar-refractivity contribution >= 4 is 0 Å². The third-order valence-electron chi connectivity index (χ3n) is 4.66. The number of hydrogen-bond acceptors (Lipinski definition) is 2. The highest BCUT2D eigenvalue weighted by molar-refractivity contribution is 5.32. The summed E-state index contributed by atoms with van der Waals surface area (Å²) in [6.45, 7) is 8.07. The minimum absolute atomic E-state index is 0.692. The van der Waals surface area contributed by atoms with Crippen molar-refractivity contribution in [2.75, 3.05) is 13.7 Å². The first-order chi connectivity index (χ1) is 9.22. The van der Waals surface area contributed by atoms with E-state index >= 15 is 0 Å². The molecule has 0 spiro atoms. The van der Waals surface area contributed by atoms with E-state index in [1.54, 1.807) is 7.11 Å². The van der Waals surface area contributed by atoms with Crippen LogP contribution < -0.4 is 10.1 Å². The van der Waals surface area contributed by atoms with Gasteiger partial charge in [-0.3, -0.25) is 0 Å². The van der Waals surface area contributed by atoms with Crippen molar-refractivity contribution in [1.82, 2.24) is 5.32 Å². The van der Waals surface area contributed by atoms with Crippen LogP contribution in [-0.4, -0.2) is 19.7 Å². The van der Waals surface area contributed by atoms with E-state index in [2.05, 4.69) is 50.4 Å². The minimum Gasteiger partial charge on any atom is -0.497 e. The molecule has 1 aromatic rings. The van der Waals surface area contributed by atoms with E-state index in [9.17, 15) is 0 Å². The predicted octanol–water partition coefficient (Wildman–Crippen LogP) is 3.82. The van der Waals surface area contributed by atoms with Crippen molar-refractivity contribution in [3.8, 4) is 5.75 Å². The molecule has 0 heterocycles. The first-order valence-corrected chi connectivity index (χ1v) is 7.60. The van der Waals surface area contributed by atoms with Gasteiger partial charge in [0.25, 0.3) is 0 Å². The standard InChI is InChI=1S/C17H27NO/c1-5-11-18-17-12(3)16(15(17)6-2)13-7-9-14(19-4)10-8-13/h7-10,12,15-18H,5-6,11H2,1-4H3. The molecule has 0 bridgehead atoms. The molecule has 1 N–H and O–H groups in total. The number of benzene rings is 1. The SMILES string of the molecule is CCCNC1C(C)C(c2ccc(OC)cc2)C1CC. The summed E-state index contributed by atoms with van der Waals surface area (Å²) in [6, 6.07) is 9.33. The van der Waals surface area contributed by atoms with Crippen molar-refractivity contribution in [3.05, 3.63) is 29.8 Å². The molecule has 19 heavy (non-hydrogen) atoms. The van der Waals surface area contributed by atoms with E-state index in [0.29, 0.717) is 12.0 Å². The molecule has 4 atom stereocenters. The van der Waals surface area contributed by atoms with Gasteiger partial charge in [-0.2, -0.15) is 0 Å². The Morgan fingerprint density at radius 1 is 1.16 bits per heavy atom. The van der Waals surface area contributed by atoms with Crippen LogP contribution in [0.3, 0.4) is 0 Å². The summed E-state index contributed by atoms with van der Waals surface area (Å²) in [5, 5.41) is 3.72. The number of ether oxygens (including phenoxy) is 1. The molecule has 0 saturated heterocycles. The number of nitrogens with one attached hydrogen (secondary N) is 1. The van der Waals surface area contributed by atoms with Gasteiger partial charge >= 0.3 is 0 Å². The van der Waals surface area contributed by atoms with E-state index in [0.717, 1.165) is 24.1 Å². The van der Waals surface area contributed by atoms with E-state index in [-0.39, 0.29) is 0 Å². The second-order valence-corrected chi connectivity index (χ2v) is 5.71. The van der Waals surface area contributed by atoms with Crippen LogP contribution in [0.2, 0.25) is 0 Å². The fraction of sp³-hybridized carbons (Fsp3) is 0.647. The lowest BCUT2D eigenvalue weighted by Gasteiger charge is -2.51. The van der Waals surface area contributed by atoms with Gasteiger partial charge in [0.05, 0.1) is 7.11 Å². The predicted molar refractivity (Wildman–Crippen MR) is 80.8 cm³/mol. The van der Waals surface area contributed by atoms with Crippen LogP contribution in [0.4, 0.5) is 0 Å². The summed E-state index contributed by atoms with van der Waals surface area (Å²) in [6.07, 6.45) is 2.47. The van der Waals surface area contributed by atoms with E-state index < -0.39 is 0 Å². The largest absolute Gasteiger partial charge is 0.497 e. The van der Waals surface area contributed by atoms with Crippen LogP contribution in [0.25, 0.3) is 0 Å². The van der Waals surface area contributed by atoms with Crippen molar-refractivity contribution in [1.29, 1.82) is 0 Å². The summed E-state index contributed by atoms with van der Waals surface area (Å²) in [5.41, 5.74) is 1.47. The maximum Gasteiger partial charge on any atom is 0.118 e. The van der Waals surface area contributed by atoms with Gasteiger partial charge in [0, 0.05) is 6.04 Å². The zero-order valence-electron chi connectivity index (χ0n) is 12.6. The lowest BCUT2D eigenvalue weighted by atomic mass is 9.58. The van der Waals surface area contributed by atoms with Gasteiger partial charge in [-0.15, -0.1) is 0 Å². The highest BCUT2D eigenvalue weighted by Crippen LogP contribution is 2.49. The monoisotopic (exact) mass is 261 g/mol. The first-order valence-electron chi connectivity index (χ1n) is 7.60. The quantitative estimate of drug-likeness (QED) is 0.840. The van der Waals surface area contributed by atoms with Gasteiger partial charge < -0.3 is 10.1 Å². The Kier molecular flexibility index (Phi) is 4.87. The molecule has 1 saturated carbocycles. The van der Waals surface area contributed by atoms with Gasteiger partial charge in [0.15, 0.2) is 0 Å². The summed E-state index contributed by atoms with van der Waals surface area (Å²) >= 11 is 0. The van der Waals surface area contributed by atoms with Gasteiger partial charge in [-0.05, 0) is 48.4 Å². The highest BCUT2D eigenvalue weighted by Gasteiger charge is 2.46. The second kappa shape index (κ2) is 6.42. The fourth-order valence-corrected chi connectivity index (χ4v) is 3.61. The molecule has 0 radical (unpaired) electrons. The fourth-order valence-electron chi connectivity index (χ4n) is 3.61. The third-order valence-corrected chi connectivity index (χ3v) is 4.66. The van der Waals surface area contributed by atoms with Gasteiger partial charge in [0.2, 0.25) is 0 Å². The smallest absolute Gasteiger partial charge is 0.118 e. The summed E-state index contributed by atoms with van der Waals surface area (Å²) < 4.78 is 5.24. The zero-order valence-corrected chi connectivity index (χ0v) is 12.6. The molecular formula is C17H27NO. The van der Waals surface area contributed by atoms with Crippen molar-refractivity contribution in [2.24, 2.45) is 11.8 Å². The highest BCUT2D eigenvalue weighted by atomic mass is 16.5. The molecule has 2 rings (SSSR count). The average molecular weight is 261 g/mol. The van der Waals surface area contributed by atoms with Crippen LogP contribution in [0.15, 0.2) is 24.3 Å². The zero-order chi connectivity index (χ0) is 13.8. The second-order valence-electron chi connectivity index (χ2n) is 5.71. The molecule has 1 aromatic carbocycles. The minimum atomic E-state index is 0.692. The van der Waals surface area contributed by atoms with Crippen LogP contribution in [0.5, 0.6) is 5.75 Å². The van der Waals surface area contributed by atoms with Crippen molar-refractivity contribution < 1.29 is 4.74 Å². The Labute approximate surface area is 117 Å². The van der Waals surface area contributed by atoms with Crippen LogP contribution in [0, 0.1) is 11.8 Å². The van der Waals surface area contributed by atoms with Crippen LogP contribution >= 0.6 is 0 Å². The Balaban J connectivity index is 2.07. The van der Waals surface area contributed by atoms with E-state index in [1.807, 2.05) is 0 Å². The lowest BCUT2D eigenvalue weighted by molar-refractivity contribution is 0.0787. The third kappa shape index (κ3) is 2.79. The molecule has 1 fully saturated rings. The van der Waals surface area contributed by atoms with Crippen molar-refractivity contribution in [3.63, 3.8) is 0 Å². The molecule has 0 aromatic heterocycles. The normalized spacial score (nSPS) is 29.9. The Bertz CT molecular complexity index is 387. The maximum absolute atomic E-state index is 5.24. The number of hydrogen-bond donors (Lipinski definition) is 1. The molecule has 1 aliphatic rings. The molecule has 106 valence electrons. The average Bonchev–Trinajstić information content (AvgIpc) is 2.45. The summed E-state index contributed by atoms with van der Waals surface area (Å²) in [7, 11) is 1.72. The van der Waals surface area contributed by atoms with Gasteiger partial charge in [-0.25, -0.2) is 0 Å². The number of methoxy groups -OCH3 is 1. The lowest BCUT2D eigenvalue weighted by Crippen LogP contribution is -2.56. The first kappa shape index (κ1) is 14.4. The molecule has 4 unspecified atom stereocenters. The summed E-state index contributed by atoms with van der Waals surface area (Å²) in [4.78, 5) is 0. The Hall–Kier alpha value is -1.02. The van der Waals surface area contributed by atoms with E-state index in [4.69, 9.17) is 4.74 Å². The topological polar surface area (TPSA) is 21.3 Å². The molecular weight excluding hydrogens is 234 g/mol. The molecule has 2 nitrogen and oxygen atoms in total. The van der Waals surface area contributed by atoms with Crippen molar-refractivity contribution in [2.45, 2.75) is 45.6 Å². The molecule has 0 aliphatic heterocycles. The molecule has 1 aliphatic carbocycles. The van der Waals surface area contributed by atoms with Crippen LogP contribution in [0.1, 0.15) is 45.1 Å². The van der Waals surface area contributed by atoms with Crippen LogP contribution in [-0.2, 0) is 0 Å². The Morgan fingerprint density at radius 2 is 1.84 bits per heavy atom. The van der Waals surface area contributed by atoms with E-state index in [1.165, 1.54) is 18.4 Å². The van der Waals surface area contributed by atoms with Gasteiger partial charge in [-0.1, -0.05) is 39.3 Å². The Morgan fingerprint density at radius 3 is 2.37 bits per heavy atom. The number of rotatable bonds is 6. The summed E-state index contributed by atoms with van der Waals surface area (Å²) in [5.74, 6) is 3.15.